The summed E-state index contributed by atoms with van der Waals surface area (Å²) in [4.78, 5) is 15.7. The van der Waals surface area contributed by atoms with Gasteiger partial charge < -0.3 is 0 Å². The normalized spacial score (nSPS) is 11.0. The summed E-state index contributed by atoms with van der Waals surface area (Å²) in [7, 11) is 2.07. The monoisotopic (exact) mass is 290 g/mol. The van der Waals surface area contributed by atoms with Crippen LogP contribution in [0.15, 0.2) is 73.2 Å². The maximum atomic E-state index is 4.52. The number of rotatable bonds is 5. The van der Waals surface area contributed by atoms with Crippen molar-refractivity contribution in [1.82, 2.24) is 19.9 Å². The summed E-state index contributed by atoms with van der Waals surface area (Å²) in [5.74, 6) is 0. The molecule has 3 rings (SSSR count). The van der Waals surface area contributed by atoms with E-state index in [0.717, 1.165) is 23.6 Å². The van der Waals surface area contributed by atoms with E-state index in [-0.39, 0.29) is 6.04 Å². The van der Waals surface area contributed by atoms with Crippen molar-refractivity contribution in [3.8, 4) is 0 Å². The standard InChI is InChI=1S/C18H18N4/c1-22(14-15-8-2-5-11-19-15)18(16-9-3-6-12-20-16)17-10-4-7-13-21-17/h2-13,18H,14H2,1H3. The molecule has 3 aromatic rings. The van der Waals surface area contributed by atoms with Crippen molar-refractivity contribution in [2.45, 2.75) is 12.6 Å². The molecule has 22 heavy (non-hydrogen) atoms. The van der Waals surface area contributed by atoms with E-state index in [4.69, 9.17) is 0 Å². The highest BCUT2D eigenvalue weighted by molar-refractivity contribution is 5.22. The average molecular weight is 290 g/mol. The first kappa shape index (κ1) is 14.4. The summed E-state index contributed by atoms with van der Waals surface area (Å²) in [6.07, 6.45) is 5.46. The molecule has 3 heterocycles. The molecule has 0 aliphatic heterocycles. The van der Waals surface area contributed by atoms with Gasteiger partial charge in [0.2, 0.25) is 0 Å². The summed E-state index contributed by atoms with van der Waals surface area (Å²) >= 11 is 0. The minimum atomic E-state index is 0.00408. The maximum absolute atomic E-state index is 4.52. The molecule has 0 amide bonds. The van der Waals surface area contributed by atoms with Gasteiger partial charge in [0.05, 0.1) is 23.1 Å². The molecule has 0 saturated carbocycles. The van der Waals surface area contributed by atoms with E-state index in [0.29, 0.717) is 0 Å². The molecular weight excluding hydrogens is 272 g/mol. The Balaban J connectivity index is 1.92. The Kier molecular flexibility index (Phi) is 4.51. The minimum Gasteiger partial charge on any atom is -0.287 e. The van der Waals surface area contributed by atoms with Crippen LogP contribution in [-0.4, -0.2) is 26.9 Å². The molecule has 0 radical (unpaired) electrons. The Morgan fingerprint density at radius 3 is 1.77 bits per heavy atom. The van der Waals surface area contributed by atoms with Crippen LogP contribution in [0.1, 0.15) is 23.1 Å². The highest BCUT2D eigenvalue weighted by Crippen LogP contribution is 2.25. The lowest BCUT2D eigenvalue weighted by atomic mass is 10.1. The Morgan fingerprint density at radius 1 is 0.773 bits per heavy atom. The Labute approximate surface area is 130 Å². The van der Waals surface area contributed by atoms with E-state index in [1.165, 1.54) is 0 Å². The molecule has 0 spiro atoms. The molecule has 0 unspecified atom stereocenters. The number of nitrogens with zero attached hydrogens (tertiary/aromatic N) is 4. The summed E-state index contributed by atoms with van der Waals surface area (Å²) in [5.41, 5.74) is 3.00. The number of hydrogen-bond donors (Lipinski definition) is 0. The minimum absolute atomic E-state index is 0.00408. The summed E-state index contributed by atoms with van der Waals surface area (Å²) in [5, 5.41) is 0. The molecule has 0 aromatic carbocycles. The third kappa shape index (κ3) is 3.35. The smallest absolute Gasteiger partial charge is 0.0950 e. The van der Waals surface area contributed by atoms with E-state index in [2.05, 4.69) is 26.9 Å². The van der Waals surface area contributed by atoms with E-state index >= 15 is 0 Å². The van der Waals surface area contributed by atoms with Crippen LogP contribution >= 0.6 is 0 Å². The van der Waals surface area contributed by atoms with Crippen molar-refractivity contribution in [3.05, 3.63) is 90.3 Å². The second kappa shape index (κ2) is 6.91. The number of pyridine rings is 3. The second-order valence-electron chi connectivity index (χ2n) is 5.15. The first-order valence-electron chi connectivity index (χ1n) is 7.26. The summed E-state index contributed by atoms with van der Waals surface area (Å²) in [6, 6.07) is 17.9. The van der Waals surface area contributed by atoms with E-state index in [9.17, 15) is 0 Å². The second-order valence-corrected chi connectivity index (χ2v) is 5.15. The van der Waals surface area contributed by atoms with Gasteiger partial charge in [-0.15, -0.1) is 0 Å². The number of aromatic nitrogens is 3. The SMILES string of the molecule is CN(Cc1ccccn1)C(c1ccccn1)c1ccccn1. The molecule has 110 valence electrons. The maximum Gasteiger partial charge on any atom is 0.0950 e. The lowest BCUT2D eigenvalue weighted by Crippen LogP contribution is -2.27. The van der Waals surface area contributed by atoms with Gasteiger partial charge in [-0.05, 0) is 43.4 Å². The molecule has 0 saturated heterocycles. The first-order valence-corrected chi connectivity index (χ1v) is 7.26. The topological polar surface area (TPSA) is 41.9 Å². The van der Waals surface area contributed by atoms with Gasteiger partial charge in [0.15, 0.2) is 0 Å². The third-order valence-corrected chi connectivity index (χ3v) is 3.51. The van der Waals surface area contributed by atoms with E-state index < -0.39 is 0 Å². The van der Waals surface area contributed by atoms with E-state index in [1.54, 1.807) is 0 Å². The summed E-state index contributed by atoms with van der Waals surface area (Å²) < 4.78 is 0. The average Bonchev–Trinajstić information content (AvgIpc) is 2.58. The van der Waals surface area contributed by atoms with Gasteiger partial charge in [0.25, 0.3) is 0 Å². The highest BCUT2D eigenvalue weighted by Gasteiger charge is 2.21. The zero-order chi connectivity index (χ0) is 15.2. The van der Waals surface area contributed by atoms with Crippen LogP contribution in [0.5, 0.6) is 0 Å². The first-order chi connectivity index (χ1) is 10.8. The largest absolute Gasteiger partial charge is 0.287 e. The van der Waals surface area contributed by atoms with Crippen LogP contribution in [-0.2, 0) is 6.54 Å². The third-order valence-electron chi connectivity index (χ3n) is 3.51. The van der Waals surface area contributed by atoms with Gasteiger partial charge in [-0.25, -0.2) is 0 Å². The van der Waals surface area contributed by atoms with Crippen LogP contribution in [0.2, 0.25) is 0 Å². The molecule has 0 atom stereocenters. The van der Waals surface area contributed by atoms with E-state index in [1.807, 2.05) is 73.2 Å². The van der Waals surface area contributed by atoms with Crippen molar-refractivity contribution in [3.63, 3.8) is 0 Å². The van der Waals surface area contributed by atoms with Gasteiger partial charge in [-0.1, -0.05) is 18.2 Å². The van der Waals surface area contributed by atoms with Crippen LogP contribution in [0.4, 0.5) is 0 Å². The fourth-order valence-electron chi connectivity index (χ4n) is 2.52. The van der Waals surface area contributed by atoms with Crippen LogP contribution < -0.4 is 0 Å². The quantitative estimate of drug-likeness (QED) is 0.724. The molecule has 0 aliphatic rings. The van der Waals surface area contributed by atoms with Crippen LogP contribution in [0.3, 0.4) is 0 Å². The lowest BCUT2D eigenvalue weighted by Gasteiger charge is -2.27. The van der Waals surface area contributed by atoms with Crippen molar-refractivity contribution in [2.24, 2.45) is 0 Å². The predicted octanol–water partition coefficient (Wildman–Crippen LogP) is 3.09. The summed E-state index contributed by atoms with van der Waals surface area (Å²) in [6.45, 7) is 0.735. The van der Waals surface area contributed by atoms with Gasteiger partial charge in [0.1, 0.15) is 0 Å². The van der Waals surface area contributed by atoms with Gasteiger partial charge in [-0.2, -0.15) is 0 Å². The molecule has 0 bridgehead atoms. The van der Waals surface area contributed by atoms with Crippen molar-refractivity contribution >= 4 is 0 Å². The fraction of sp³-hybridized carbons (Fsp3) is 0.167. The molecule has 4 nitrogen and oxygen atoms in total. The number of hydrogen-bond acceptors (Lipinski definition) is 4. The van der Waals surface area contributed by atoms with Crippen molar-refractivity contribution in [2.75, 3.05) is 7.05 Å². The highest BCUT2D eigenvalue weighted by atomic mass is 15.2. The van der Waals surface area contributed by atoms with Crippen molar-refractivity contribution in [1.29, 1.82) is 0 Å². The van der Waals surface area contributed by atoms with Gasteiger partial charge in [-0.3, -0.25) is 19.9 Å². The Morgan fingerprint density at radius 2 is 1.32 bits per heavy atom. The van der Waals surface area contributed by atoms with Gasteiger partial charge in [0, 0.05) is 25.1 Å². The Bertz CT molecular complexity index is 647. The molecule has 0 aliphatic carbocycles. The molecule has 0 N–H and O–H groups in total. The molecular formula is C18H18N4. The molecule has 0 fully saturated rings. The fourth-order valence-corrected chi connectivity index (χ4v) is 2.52. The van der Waals surface area contributed by atoms with Crippen LogP contribution in [0, 0.1) is 0 Å². The zero-order valence-electron chi connectivity index (χ0n) is 12.5. The predicted molar refractivity (Wildman–Crippen MR) is 86.0 cm³/mol. The molecule has 3 aromatic heterocycles. The van der Waals surface area contributed by atoms with Crippen molar-refractivity contribution < 1.29 is 0 Å². The zero-order valence-corrected chi connectivity index (χ0v) is 12.5. The van der Waals surface area contributed by atoms with Crippen LogP contribution in [0.25, 0.3) is 0 Å². The molecule has 4 heteroatoms. The lowest BCUT2D eigenvalue weighted by molar-refractivity contribution is 0.259. The Hall–Kier alpha value is -2.59. The van der Waals surface area contributed by atoms with Gasteiger partial charge >= 0.3 is 0 Å².